The molecule has 5 heteroatoms. The van der Waals surface area contributed by atoms with Gasteiger partial charge in [0, 0.05) is 23.9 Å². The molecule has 0 atom stereocenters. The lowest BCUT2D eigenvalue weighted by molar-refractivity contribution is 0.276. The molecule has 4 nitrogen and oxygen atoms in total. The molecule has 2 heterocycles. The lowest BCUT2D eigenvalue weighted by atomic mass is 10.1. The Morgan fingerprint density at radius 1 is 1.38 bits per heavy atom. The molecule has 1 N–H and O–H groups in total. The predicted molar refractivity (Wildman–Crippen MR) is 83.1 cm³/mol. The van der Waals surface area contributed by atoms with Crippen LogP contribution in [0.3, 0.4) is 0 Å². The highest BCUT2D eigenvalue weighted by atomic mass is 35.5. The Morgan fingerprint density at radius 2 is 2.14 bits per heavy atom. The summed E-state index contributed by atoms with van der Waals surface area (Å²) in [7, 11) is 0. The van der Waals surface area contributed by atoms with Crippen LogP contribution in [-0.2, 0) is 13.2 Å². The normalized spacial score (nSPS) is 15.8. The molecule has 0 spiro atoms. The van der Waals surface area contributed by atoms with Crippen LogP contribution in [0.25, 0.3) is 11.1 Å². The average molecular weight is 306 g/mol. The summed E-state index contributed by atoms with van der Waals surface area (Å²) in [6.45, 7) is 2.83. The Hall–Kier alpha value is -1.39. The topological polar surface area (TPSA) is 50.9 Å². The van der Waals surface area contributed by atoms with Gasteiger partial charge in [0.05, 0.1) is 18.5 Å². The zero-order valence-corrected chi connectivity index (χ0v) is 13.0. The van der Waals surface area contributed by atoms with Gasteiger partial charge in [-0.2, -0.15) is 5.10 Å². The Morgan fingerprint density at radius 3 is 2.86 bits per heavy atom. The third kappa shape index (κ3) is 3.11. The molecule has 2 aromatic heterocycles. The smallest absolute Gasteiger partial charge is 0.137 e. The zero-order chi connectivity index (χ0) is 14.8. The van der Waals surface area contributed by atoms with Gasteiger partial charge in [-0.1, -0.05) is 24.4 Å². The monoisotopic (exact) mass is 305 g/mol. The molecule has 2 aromatic rings. The van der Waals surface area contributed by atoms with Gasteiger partial charge in [0.15, 0.2) is 0 Å². The van der Waals surface area contributed by atoms with E-state index >= 15 is 0 Å². The van der Waals surface area contributed by atoms with Gasteiger partial charge in [-0.05, 0) is 37.3 Å². The van der Waals surface area contributed by atoms with Crippen molar-refractivity contribution in [2.24, 2.45) is 5.92 Å². The van der Waals surface area contributed by atoms with Crippen LogP contribution in [0.4, 0.5) is 0 Å². The van der Waals surface area contributed by atoms with Crippen molar-refractivity contribution >= 4 is 11.6 Å². The molecule has 1 saturated carbocycles. The van der Waals surface area contributed by atoms with Gasteiger partial charge < -0.3 is 5.11 Å². The summed E-state index contributed by atoms with van der Waals surface area (Å²) in [6.07, 6.45) is 9.19. The molecule has 0 aliphatic heterocycles. The van der Waals surface area contributed by atoms with E-state index < -0.39 is 0 Å². The van der Waals surface area contributed by atoms with E-state index in [0.29, 0.717) is 10.8 Å². The summed E-state index contributed by atoms with van der Waals surface area (Å²) in [5.41, 5.74) is 3.43. The van der Waals surface area contributed by atoms with Crippen molar-refractivity contribution in [1.82, 2.24) is 14.8 Å². The highest BCUT2D eigenvalue weighted by Crippen LogP contribution is 2.30. The summed E-state index contributed by atoms with van der Waals surface area (Å²) in [5.74, 6) is 0.754. The molecule has 0 bridgehead atoms. The largest absolute Gasteiger partial charge is 0.390 e. The number of aryl methyl sites for hydroxylation is 1. The fraction of sp³-hybridized carbons (Fsp3) is 0.500. The second-order valence-corrected chi connectivity index (χ2v) is 6.21. The van der Waals surface area contributed by atoms with Crippen LogP contribution in [-0.4, -0.2) is 19.9 Å². The quantitative estimate of drug-likeness (QED) is 0.878. The fourth-order valence-corrected chi connectivity index (χ4v) is 3.31. The number of hydrogen-bond donors (Lipinski definition) is 1. The molecule has 112 valence electrons. The van der Waals surface area contributed by atoms with Gasteiger partial charge in [-0.15, -0.1) is 0 Å². The van der Waals surface area contributed by atoms with Crippen molar-refractivity contribution in [1.29, 1.82) is 0 Å². The highest BCUT2D eigenvalue weighted by Gasteiger charge is 2.17. The third-order valence-corrected chi connectivity index (χ3v) is 4.57. The molecule has 0 radical (unpaired) electrons. The zero-order valence-electron chi connectivity index (χ0n) is 12.2. The van der Waals surface area contributed by atoms with Gasteiger partial charge in [0.1, 0.15) is 5.15 Å². The third-order valence-electron chi connectivity index (χ3n) is 4.29. The van der Waals surface area contributed by atoms with Crippen molar-refractivity contribution in [3.8, 4) is 11.1 Å². The van der Waals surface area contributed by atoms with Crippen LogP contribution < -0.4 is 0 Å². The van der Waals surface area contributed by atoms with E-state index in [1.54, 1.807) is 0 Å². The van der Waals surface area contributed by atoms with E-state index in [2.05, 4.69) is 10.1 Å². The van der Waals surface area contributed by atoms with Crippen LogP contribution >= 0.6 is 11.6 Å². The number of aliphatic hydroxyl groups is 1. The fourth-order valence-electron chi connectivity index (χ4n) is 3.05. The lowest BCUT2D eigenvalue weighted by Crippen LogP contribution is -2.07. The molecular weight excluding hydrogens is 286 g/mol. The van der Waals surface area contributed by atoms with Gasteiger partial charge >= 0.3 is 0 Å². The second kappa shape index (κ2) is 6.16. The number of aliphatic hydroxyl groups excluding tert-OH is 1. The summed E-state index contributed by atoms with van der Waals surface area (Å²) in [5, 5.41) is 14.1. The standard InChI is InChI=1S/C16H20ClN3O/c1-11-6-14(16(17)19-15(11)10-21)13-7-18-20(9-13)8-12-4-2-3-5-12/h6-7,9,12,21H,2-5,8,10H2,1H3. The summed E-state index contributed by atoms with van der Waals surface area (Å²) in [4.78, 5) is 4.26. The van der Waals surface area contributed by atoms with Gasteiger partial charge in [0.2, 0.25) is 0 Å². The van der Waals surface area contributed by atoms with Crippen LogP contribution in [0.1, 0.15) is 36.9 Å². The van der Waals surface area contributed by atoms with E-state index in [0.717, 1.165) is 29.2 Å². The Bertz CT molecular complexity index is 632. The molecule has 21 heavy (non-hydrogen) atoms. The Labute approximate surface area is 129 Å². The van der Waals surface area contributed by atoms with E-state index in [9.17, 15) is 5.11 Å². The summed E-state index contributed by atoms with van der Waals surface area (Å²) < 4.78 is 2.01. The van der Waals surface area contributed by atoms with Crippen molar-refractivity contribution in [2.45, 2.75) is 45.8 Å². The SMILES string of the molecule is Cc1cc(-c2cnn(CC3CCCC3)c2)c(Cl)nc1CO. The van der Waals surface area contributed by atoms with Crippen molar-refractivity contribution in [3.05, 3.63) is 34.9 Å². The minimum absolute atomic E-state index is 0.0905. The van der Waals surface area contributed by atoms with Crippen LogP contribution in [0.5, 0.6) is 0 Å². The first-order valence-electron chi connectivity index (χ1n) is 7.47. The number of rotatable bonds is 4. The molecule has 1 fully saturated rings. The number of nitrogens with zero attached hydrogens (tertiary/aromatic N) is 3. The van der Waals surface area contributed by atoms with Crippen molar-refractivity contribution < 1.29 is 5.11 Å². The first-order chi connectivity index (χ1) is 10.2. The predicted octanol–water partition coefficient (Wildman–Crippen LogP) is 3.59. The van der Waals surface area contributed by atoms with E-state index in [1.165, 1.54) is 25.7 Å². The number of aromatic nitrogens is 3. The summed E-state index contributed by atoms with van der Waals surface area (Å²) >= 11 is 6.23. The molecule has 3 rings (SSSR count). The number of halogens is 1. The molecule has 1 aliphatic rings. The number of hydrogen-bond acceptors (Lipinski definition) is 3. The number of pyridine rings is 1. The van der Waals surface area contributed by atoms with Gasteiger partial charge in [-0.3, -0.25) is 4.68 Å². The maximum absolute atomic E-state index is 9.23. The van der Waals surface area contributed by atoms with E-state index in [4.69, 9.17) is 11.6 Å². The Balaban J connectivity index is 1.83. The van der Waals surface area contributed by atoms with Crippen LogP contribution in [0.2, 0.25) is 5.15 Å². The molecule has 0 aromatic carbocycles. The Kier molecular flexibility index (Phi) is 4.27. The minimum atomic E-state index is -0.0905. The lowest BCUT2D eigenvalue weighted by Gasteiger charge is -2.08. The average Bonchev–Trinajstić information content (AvgIpc) is 3.13. The molecule has 0 saturated heterocycles. The second-order valence-electron chi connectivity index (χ2n) is 5.85. The summed E-state index contributed by atoms with van der Waals surface area (Å²) in [6, 6.07) is 1.97. The van der Waals surface area contributed by atoms with Crippen molar-refractivity contribution in [3.63, 3.8) is 0 Å². The van der Waals surface area contributed by atoms with Crippen molar-refractivity contribution in [2.75, 3.05) is 0 Å². The molecular formula is C16H20ClN3O. The highest BCUT2D eigenvalue weighted by molar-refractivity contribution is 6.32. The van der Waals surface area contributed by atoms with Gasteiger partial charge in [0.25, 0.3) is 0 Å². The molecule has 0 amide bonds. The van der Waals surface area contributed by atoms with E-state index in [1.807, 2.05) is 30.1 Å². The maximum atomic E-state index is 9.23. The minimum Gasteiger partial charge on any atom is -0.390 e. The van der Waals surface area contributed by atoms with Crippen LogP contribution in [0, 0.1) is 12.8 Å². The maximum Gasteiger partial charge on any atom is 0.137 e. The first-order valence-corrected chi connectivity index (χ1v) is 7.85. The van der Waals surface area contributed by atoms with Crippen LogP contribution in [0.15, 0.2) is 18.5 Å². The molecule has 0 unspecified atom stereocenters. The molecule has 1 aliphatic carbocycles. The van der Waals surface area contributed by atoms with Gasteiger partial charge in [-0.25, -0.2) is 4.98 Å². The van der Waals surface area contributed by atoms with E-state index in [-0.39, 0.29) is 6.61 Å². The first kappa shape index (κ1) is 14.5.